The maximum absolute atomic E-state index is 13.0. The van der Waals surface area contributed by atoms with E-state index < -0.39 is 17.7 Å². The number of hydrogen-bond acceptors (Lipinski definition) is 3. The van der Waals surface area contributed by atoms with Crippen molar-refractivity contribution in [2.24, 2.45) is 0 Å². The third-order valence-corrected chi connectivity index (χ3v) is 5.28. The summed E-state index contributed by atoms with van der Waals surface area (Å²) in [6.45, 7) is 1.91. The van der Waals surface area contributed by atoms with E-state index in [0.717, 1.165) is 5.56 Å². The molecule has 0 spiro atoms. The maximum atomic E-state index is 13.0. The van der Waals surface area contributed by atoms with Crippen LogP contribution >= 0.6 is 23.2 Å². The maximum Gasteiger partial charge on any atom is 0.328 e. The Labute approximate surface area is 199 Å². The first-order valence-electron chi connectivity index (χ1n) is 9.87. The van der Waals surface area contributed by atoms with Crippen LogP contribution in [0, 0.1) is 6.92 Å². The lowest BCUT2D eigenvalue weighted by Crippen LogP contribution is -2.36. The van der Waals surface area contributed by atoms with Gasteiger partial charge < -0.3 is 10.6 Å². The highest BCUT2D eigenvalue weighted by molar-refractivity contribution is 6.42. The number of anilines is 2. The number of aryl methyl sites for hydroxylation is 1. The molecule has 4 rings (SSSR count). The van der Waals surface area contributed by atoms with E-state index in [2.05, 4.69) is 16.1 Å². The SMILES string of the molecule is Cc1ccc(NC(=O)C(=O)Nn2c(C(=O)Nc3cccc(Cl)c3)cc3cc(Cl)ccc32)cc1. The molecule has 1 heterocycles. The summed E-state index contributed by atoms with van der Waals surface area (Å²) in [6.07, 6.45) is 0. The molecule has 0 saturated carbocycles. The molecule has 3 N–H and O–H groups in total. The van der Waals surface area contributed by atoms with Crippen LogP contribution in [0.25, 0.3) is 10.9 Å². The van der Waals surface area contributed by atoms with Gasteiger partial charge in [-0.15, -0.1) is 0 Å². The Kier molecular flexibility index (Phi) is 6.35. The smallest absolute Gasteiger partial charge is 0.321 e. The number of nitrogens with zero attached hydrogens (tertiary/aromatic N) is 1. The van der Waals surface area contributed by atoms with Gasteiger partial charge in [0.05, 0.1) is 5.52 Å². The molecule has 0 aliphatic carbocycles. The van der Waals surface area contributed by atoms with Gasteiger partial charge in [0.25, 0.3) is 5.91 Å². The van der Waals surface area contributed by atoms with Crippen LogP contribution in [0.2, 0.25) is 10.0 Å². The molecule has 166 valence electrons. The molecule has 33 heavy (non-hydrogen) atoms. The minimum Gasteiger partial charge on any atom is -0.321 e. The second-order valence-electron chi connectivity index (χ2n) is 7.29. The average molecular weight is 481 g/mol. The van der Waals surface area contributed by atoms with Gasteiger partial charge in [0.2, 0.25) is 0 Å². The first-order chi connectivity index (χ1) is 15.8. The van der Waals surface area contributed by atoms with E-state index in [1.165, 1.54) is 4.68 Å². The van der Waals surface area contributed by atoms with E-state index in [9.17, 15) is 14.4 Å². The third kappa shape index (κ3) is 5.16. The highest BCUT2D eigenvalue weighted by Crippen LogP contribution is 2.24. The number of fused-ring (bicyclic) bond motifs is 1. The summed E-state index contributed by atoms with van der Waals surface area (Å²) in [7, 11) is 0. The van der Waals surface area contributed by atoms with Gasteiger partial charge in [0.15, 0.2) is 0 Å². The van der Waals surface area contributed by atoms with E-state index in [-0.39, 0.29) is 5.69 Å². The normalized spacial score (nSPS) is 10.6. The summed E-state index contributed by atoms with van der Waals surface area (Å²) in [5, 5.41) is 6.80. The van der Waals surface area contributed by atoms with Crippen LogP contribution in [0.15, 0.2) is 72.8 Å². The van der Waals surface area contributed by atoms with Crippen molar-refractivity contribution in [1.82, 2.24) is 4.68 Å². The van der Waals surface area contributed by atoms with Crippen LogP contribution in [-0.2, 0) is 9.59 Å². The lowest BCUT2D eigenvalue weighted by atomic mass is 10.2. The number of carbonyl (C=O) groups is 3. The Morgan fingerprint density at radius 3 is 2.21 bits per heavy atom. The summed E-state index contributed by atoms with van der Waals surface area (Å²) >= 11 is 12.1. The lowest BCUT2D eigenvalue weighted by molar-refractivity contribution is -0.133. The van der Waals surface area contributed by atoms with Crippen LogP contribution in [0.4, 0.5) is 11.4 Å². The van der Waals surface area contributed by atoms with Crippen LogP contribution < -0.4 is 16.1 Å². The van der Waals surface area contributed by atoms with E-state index in [1.54, 1.807) is 60.7 Å². The van der Waals surface area contributed by atoms with Crippen molar-refractivity contribution >= 4 is 63.2 Å². The number of halogens is 2. The van der Waals surface area contributed by atoms with Crippen molar-refractivity contribution in [3.05, 3.63) is 94.1 Å². The fourth-order valence-corrected chi connectivity index (χ4v) is 3.58. The molecule has 0 aliphatic rings. The Bertz CT molecular complexity index is 1380. The van der Waals surface area contributed by atoms with Crippen LogP contribution in [0.5, 0.6) is 0 Å². The highest BCUT2D eigenvalue weighted by atomic mass is 35.5. The molecule has 1 aromatic heterocycles. The molecule has 0 radical (unpaired) electrons. The summed E-state index contributed by atoms with van der Waals surface area (Å²) in [6, 6.07) is 20.2. The second kappa shape index (κ2) is 9.36. The Balaban J connectivity index is 1.62. The number of benzene rings is 3. The minimum absolute atomic E-state index is 0.101. The van der Waals surface area contributed by atoms with Gasteiger partial charge in [0.1, 0.15) is 5.69 Å². The molecule has 0 aliphatic heterocycles. The van der Waals surface area contributed by atoms with Gasteiger partial charge in [-0.3, -0.25) is 19.8 Å². The minimum atomic E-state index is -0.945. The number of rotatable bonds is 4. The van der Waals surface area contributed by atoms with Crippen LogP contribution in [0.1, 0.15) is 16.1 Å². The summed E-state index contributed by atoms with van der Waals surface area (Å²) in [5.74, 6) is -2.33. The first kappa shape index (κ1) is 22.4. The summed E-state index contributed by atoms with van der Waals surface area (Å²) < 4.78 is 1.25. The second-order valence-corrected chi connectivity index (χ2v) is 8.17. The molecule has 3 aromatic carbocycles. The molecule has 9 heteroatoms. The zero-order valence-electron chi connectivity index (χ0n) is 17.4. The van der Waals surface area contributed by atoms with Crippen molar-refractivity contribution in [2.45, 2.75) is 6.92 Å². The van der Waals surface area contributed by atoms with Crippen molar-refractivity contribution in [3.63, 3.8) is 0 Å². The van der Waals surface area contributed by atoms with Crippen LogP contribution in [-0.4, -0.2) is 22.4 Å². The standard InChI is InChI=1S/C24H18Cl2N4O3/c1-14-5-8-18(9-6-14)27-23(32)24(33)29-30-20-10-7-17(26)11-15(20)12-21(30)22(31)28-19-4-2-3-16(25)13-19/h2-13H,1H3,(H,27,32)(H,28,31)(H,29,33). The molecule has 0 bridgehead atoms. The molecule has 7 nitrogen and oxygen atoms in total. The van der Waals surface area contributed by atoms with E-state index >= 15 is 0 Å². The molecule has 0 saturated heterocycles. The fourth-order valence-electron chi connectivity index (χ4n) is 3.21. The molecular formula is C24H18Cl2N4O3. The Morgan fingerprint density at radius 1 is 0.758 bits per heavy atom. The molecule has 0 atom stereocenters. The third-order valence-electron chi connectivity index (χ3n) is 4.81. The quantitative estimate of drug-likeness (QED) is 0.349. The van der Waals surface area contributed by atoms with E-state index in [0.29, 0.717) is 32.3 Å². The van der Waals surface area contributed by atoms with E-state index in [4.69, 9.17) is 23.2 Å². The lowest BCUT2D eigenvalue weighted by Gasteiger charge is -2.13. The monoisotopic (exact) mass is 480 g/mol. The van der Waals surface area contributed by atoms with Gasteiger partial charge in [-0.25, -0.2) is 4.68 Å². The molecular weight excluding hydrogens is 463 g/mol. The molecule has 3 amide bonds. The van der Waals surface area contributed by atoms with Gasteiger partial charge >= 0.3 is 11.8 Å². The summed E-state index contributed by atoms with van der Waals surface area (Å²) in [5.41, 5.74) is 5.06. The highest BCUT2D eigenvalue weighted by Gasteiger charge is 2.21. The van der Waals surface area contributed by atoms with Crippen molar-refractivity contribution < 1.29 is 14.4 Å². The number of amides is 3. The van der Waals surface area contributed by atoms with Gasteiger partial charge in [-0.05, 0) is 61.5 Å². The summed E-state index contributed by atoms with van der Waals surface area (Å²) in [4.78, 5) is 38.1. The fraction of sp³-hybridized carbons (Fsp3) is 0.0417. The number of carbonyl (C=O) groups excluding carboxylic acids is 3. The molecule has 0 unspecified atom stereocenters. The van der Waals surface area contributed by atoms with Crippen molar-refractivity contribution in [2.75, 3.05) is 16.1 Å². The topological polar surface area (TPSA) is 92.2 Å². The number of nitrogens with one attached hydrogen (secondary N) is 3. The van der Waals surface area contributed by atoms with E-state index in [1.807, 2.05) is 19.1 Å². The molecule has 4 aromatic rings. The predicted octanol–water partition coefficient (Wildman–Crippen LogP) is 5.22. The van der Waals surface area contributed by atoms with Crippen molar-refractivity contribution in [3.8, 4) is 0 Å². The van der Waals surface area contributed by atoms with Gasteiger partial charge in [0, 0.05) is 26.8 Å². The van der Waals surface area contributed by atoms with Crippen molar-refractivity contribution in [1.29, 1.82) is 0 Å². The van der Waals surface area contributed by atoms with Crippen LogP contribution in [0.3, 0.4) is 0 Å². The average Bonchev–Trinajstić information content (AvgIpc) is 3.12. The molecule has 0 fully saturated rings. The zero-order chi connectivity index (χ0) is 23.5. The van der Waals surface area contributed by atoms with Gasteiger partial charge in [-0.1, -0.05) is 47.0 Å². The number of hydrogen-bond donors (Lipinski definition) is 3. The number of aromatic nitrogens is 1. The zero-order valence-corrected chi connectivity index (χ0v) is 18.9. The predicted molar refractivity (Wildman–Crippen MR) is 131 cm³/mol. The Hall–Kier alpha value is -3.81. The van der Waals surface area contributed by atoms with Gasteiger partial charge in [-0.2, -0.15) is 0 Å². The Morgan fingerprint density at radius 2 is 1.48 bits per heavy atom. The largest absolute Gasteiger partial charge is 0.328 e. The first-order valence-corrected chi connectivity index (χ1v) is 10.6.